The molecule has 0 aromatic carbocycles. The fraction of sp³-hybridized carbons (Fsp3) is 0.200. The third-order valence-electron chi connectivity index (χ3n) is 1.13. The molecule has 1 rings (SSSR count). The van der Waals surface area contributed by atoms with Crippen LogP contribution >= 0.6 is 23.2 Å². The normalized spacial score (nSPS) is 11.7. The van der Waals surface area contributed by atoms with E-state index in [0.717, 1.165) is 6.26 Å². The van der Waals surface area contributed by atoms with Gasteiger partial charge in [-0.05, 0) is 11.6 Å². The zero-order valence-electron chi connectivity index (χ0n) is 6.25. The highest BCUT2D eigenvalue weighted by molar-refractivity contribution is 7.90. The lowest BCUT2D eigenvalue weighted by molar-refractivity contribution is 0.536. The van der Waals surface area contributed by atoms with Gasteiger partial charge in [0.2, 0.25) is 11.2 Å². The minimum atomic E-state index is -3.77. The van der Waals surface area contributed by atoms with Gasteiger partial charge in [0.15, 0.2) is 19.9 Å². The Morgan fingerprint density at radius 2 is 1.85 bits per heavy atom. The lowest BCUT2D eigenvalue weighted by atomic mass is 10.6. The average molecular weight is 245 g/mol. The largest absolute Gasteiger partial charge is 0.237 e. The van der Waals surface area contributed by atoms with Gasteiger partial charge < -0.3 is 0 Å². The molecular formula is C5H3Cl2FN2O2S. The van der Waals surface area contributed by atoms with Crippen molar-refractivity contribution in [2.45, 2.75) is 4.90 Å². The van der Waals surface area contributed by atoms with Gasteiger partial charge in [-0.3, -0.25) is 0 Å². The number of sulfone groups is 1. The van der Waals surface area contributed by atoms with Gasteiger partial charge in [0.25, 0.3) is 0 Å². The third kappa shape index (κ3) is 2.26. The van der Waals surface area contributed by atoms with Crippen LogP contribution in [0, 0.1) is 5.95 Å². The highest BCUT2D eigenvalue weighted by Crippen LogP contribution is 2.22. The van der Waals surface area contributed by atoms with Crippen LogP contribution < -0.4 is 0 Å². The van der Waals surface area contributed by atoms with Gasteiger partial charge >= 0.3 is 0 Å². The molecule has 0 saturated heterocycles. The van der Waals surface area contributed by atoms with E-state index in [1.165, 1.54) is 0 Å². The predicted molar refractivity (Wildman–Crippen MR) is 45.1 cm³/mol. The molecule has 0 atom stereocenters. The van der Waals surface area contributed by atoms with E-state index in [0.29, 0.717) is 0 Å². The van der Waals surface area contributed by atoms with Crippen LogP contribution in [0.15, 0.2) is 4.90 Å². The van der Waals surface area contributed by atoms with E-state index >= 15 is 0 Å². The van der Waals surface area contributed by atoms with Crippen molar-refractivity contribution >= 4 is 33.0 Å². The summed E-state index contributed by atoms with van der Waals surface area (Å²) in [5.41, 5.74) is 0. The number of halogens is 3. The molecule has 0 saturated carbocycles. The second-order valence-corrected chi connectivity index (χ2v) is 4.82. The number of hydrogen-bond donors (Lipinski definition) is 0. The van der Waals surface area contributed by atoms with E-state index in [9.17, 15) is 12.8 Å². The highest BCUT2D eigenvalue weighted by Gasteiger charge is 2.21. The van der Waals surface area contributed by atoms with Crippen LogP contribution in [0.5, 0.6) is 0 Å². The molecule has 0 amide bonds. The molecule has 72 valence electrons. The molecular weight excluding hydrogens is 242 g/mol. The summed E-state index contributed by atoms with van der Waals surface area (Å²) in [4.78, 5) is 5.59. The van der Waals surface area contributed by atoms with Crippen LogP contribution in [-0.2, 0) is 9.84 Å². The first-order valence-electron chi connectivity index (χ1n) is 2.91. The smallest absolute Gasteiger partial charge is 0.224 e. The van der Waals surface area contributed by atoms with E-state index in [-0.39, 0.29) is 0 Å². The fourth-order valence-electron chi connectivity index (χ4n) is 0.680. The van der Waals surface area contributed by atoms with E-state index in [2.05, 4.69) is 9.97 Å². The van der Waals surface area contributed by atoms with E-state index in [1.807, 2.05) is 0 Å². The molecule has 1 heterocycles. The Morgan fingerprint density at radius 3 is 2.23 bits per heavy atom. The predicted octanol–water partition coefficient (Wildman–Crippen LogP) is 1.33. The molecule has 0 unspecified atom stereocenters. The summed E-state index contributed by atoms with van der Waals surface area (Å²) in [6.45, 7) is 0. The van der Waals surface area contributed by atoms with Crippen molar-refractivity contribution < 1.29 is 12.8 Å². The Balaban J connectivity index is 3.57. The summed E-state index contributed by atoms with van der Waals surface area (Å²) in [5.74, 6) is -1.24. The summed E-state index contributed by atoms with van der Waals surface area (Å²) in [6.07, 6.45) is 0.800. The molecule has 0 spiro atoms. The van der Waals surface area contributed by atoms with Gasteiger partial charge in [0.1, 0.15) is 0 Å². The first-order chi connectivity index (χ1) is 5.82. The van der Waals surface area contributed by atoms with Gasteiger partial charge in [0, 0.05) is 6.26 Å². The molecule has 0 fully saturated rings. The monoisotopic (exact) mass is 244 g/mol. The van der Waals surface area contributed by atoms with Crippen molar-refractivity contribution in [3.05, 3.63) is 16.4 Å². The van der Waals surface area contributed by atoms with Crippen molar-refractivity contribution in [2.24, 2.45) is 0 Å². The summed E-state index contributed by atoms with van der Waals surface area (Å²) in [5, 5.41) is -0.949. The van der Waals surface area contributed by atoms with Gasteiger partial charge in [-0.25, -0.2) is 13.4 Å². The Bertz CT molecular complexity index is 425. The lowest BCUT2D eigenvalue weighted by Crippen LogP contribution is -2.05. The average Bonchev–Trinajstić information content (AvgIpc) is 1.78. The molecule has 0 aliphatic carbocycles. The minimum Gasteiger partial charge on any atom is -0.224 e. The Morgan fingerprint density at radius 1 is 1.31 bits per heavy atom. The lowest BCUT2D eigenvalue weighted by Gasteiger charge is -2.01. The minimum absolute atomic E-state index is 0.435. The van der Waals surface area contributed by atoms with Crippen LogP contribution in [0.25, 0.3) is 0 Å². The summed E-state index contributed by atoms with van der Waals surface area (Å²) < 4.78 is 34.8. The Hall–Kier alpha value is -0.460. The summed E-state index contributed by atoms with van der Waals surface area (Å²) in [7, 11) is -3.77. The summed E-state index contributed by atoms with van der Waals surface area (Å²) in [6, 6.07) is 0. The van der Waals surface area contributed by atoms with Gasteiger partial charge in [-0.1, -0.05) is 11.6 Å². The van der Waals surface area contributed by atoms with Crippen molar-refractivity contribution in [1.29, 1.82) is 0 Å². The molecule has 0 N–H and O–H groups in total. The topological polar surface area (TPSA) is 59.9 Å². The number of nitrogens with zero attached hydrogens (tertiary/aromatic N) is 2. The quantitative estimate of drug-likeness (QED) is 0.553. The molecule has 1 aromatic heterocycles. The zero-order chi connectivity index (χ0) is 10.2. The van der Waals surface area contributed by atoms with E-state index in [4.69, 9.17) is 23.2 Å². The second kappa shape index (κ2) is 3.36. The standard InChI is InChI=1S/C5H3Cl2FN2O2S/c1-13(11,12)2-3(6)9-5(7)10-4(2)8/h1H3. The maximum atomic E-state index is 12.9. The molecule has 0 radical (unpaired) electrons. The van der Waals surface area contributed by atoms with Gasteiger partial charge in [-0.15, -0.1) is 0 Å². The number of aromatic nitrogens is 2. The maximum Gasteiger partial charge on any atom is 0.237 e. The van der Waals surface area contributed by atoms with Crippen LogP contribution in [0.3, 0.4) is 0 Å². The van der Waals surface area contributed by atoms with Crippen LogP contribution in [0.2, 0.25) is 10.4 Å². The van der Waals surface area contributed by atoms with Gasteiger partial charge in [-0.2, -0.15) is 9.37 Å². The fourth-order valence-corrected chi connectivity index (χ4v) is 2.16. The third-order valence-corrected chi connectivity index (χ3v) is 2.78. The van der Waals surface area contributed by atoms with E-state index in [1.54, 1.807) is 0 Å². The van der Waals surface area contributed by atoms with Gasteiger partial charge in [0.05, 0.1) is 0 Å². The van der Waals surface area contributed by atoms with E-state index < -0.39 is 31.1 Å². The Labute approximate surface area is 83.6 Å². The molecule has 4 nitrogen and oxygen atoms in total. The van der Waals surface area contributed by atoms with Crippen molar-refractivity contribution in [1.82, 2.24) is 9.97 Å². The summed E-state index contributed by atoms with van der Waals surface area (Å²) >= 11 is 10.6. The molecule has 0 aliphatic rings. The second-order valence-electron chi connectivity index (χ2n) is 2.18. The highest BCUT2D eigenvalue weighted by atomic mass is 35.5. The number of hydrogen-bond acceptors (Lipinski definition) is 4. The van der Waals surface area contributed by atoms with Crippen molar-refractivity contribution in [2.75, 3.05) is 6.26 Å². The molecule has 8 heteroatoms. The van der Waals surface area contributed by atoms with Crippen LogP contribution in [0.1, 0.15) is 0 Å². The SMILES string of the molecule is CS(=O)(=O)c1c(F)nc(Cl)nc1Cl. The first kappa shape index (κ1) is 10.6. The first-order valence-corrected chi connectivity index (χ1v) is 5.55. The maximum absolute atomic E-state index is 12.9. The zero-order valence-corrected chi connectivity index (χ0v) is 8.58. The Kier molecular flexibility index (Phi) is 2.74. The number of rotatable bonds is 1. The molecule has 0 aliphatic heterocycles. The molecule has 1 aromatic rings. The van der Waals surface area contributed by atoms with Crippen LogP contribution in [0.4, 0.5) is 4.39 Å². The van der Waals surface area contributed by atoms with Crippen molar-refractivity contribution in [3.63, 3.8) is 0 Å². The molecule has 13 heavy (non-hydrogen) atoms. The molecule has 0 bridgehead atoms. The van der Waals surface area contributed by atoms with Crippen LogP contribution in [-0.4, -0.2) is 24.6 Å². The van der Waals surface area contributed by atoms with Crippen molar-refractivity contribution in [3.8, 4) is 0 Å².